The largest absolute Gasteiger partial charge is 0.435 e. The summed E-state index contributed by atoms with van der Waals surface area (Å²) in [6.07, 6.45) is 3.00. The van der Waals surface area contributed by atoms with E-state index in [2.05, 4.69) is 15.4 Å². The third-order valence-electron chi connectivity index (χ3n) is 4.63. The van der Waals surface area contributed by atoms with Crippen molar-refractivity contribution >= 4 is 23.5 Å². The zero-order valence-corrected chi connectivity index (χ0v) is 14.0. The van der Waals surface area contributed by atoms with Gasteiger partial charge in [0.2, 0.25) is 5.91 Å². The molecule has 1 aliphatic carbocycles. The van der Waals surface area contributed by atoms with Gasteiger partial charge in [-0.05, 0) is 37.1 Å². The van der Waals surface area contributed by atoms with Crippen LogP contribution in [0.3, 0.4) is 0 Å². The van der Waals surface area contributed by atoms with Crippen LogP contribution in [0.2, 0.25) is 0 Å². The van der Waals surface area contributed by atoms with Crippen LogP contribution in [0.4, 0.5) is 19.3 Å². The first-order chi connectivity index (χ1) is 12.4. The molecule has 1 spiro atoms. The summed E-state index contributed by atoms with van der Waals surface area (Å²) >= 11 is 0. The van der Waals surface area contributed by atoms with Crippen molar-refractivity contribution in [3.05, 3.63) is 24.3 Å². The highest BCUT2D eigenvalue weighted by atomic mass is 19.3. The first-order valence-electron chi connectivity index (χ1n) is 8.38. The number of hydrogen-bond acceptors (Lipinski definition) is 4. The summed E-state index contributed by atoms with van der Waals surface area (Å²) in [5, 5.41) is 5.34. The summed E-state index contributed by atoms with van der Waals surface area (Å²) in [7, 11) is 0. The minimum Gasteiger partial charge on any atom is -0.435 e. The van der Waals surface area contributed by atoms with E-state index in [4.69, 9.17) is 0 Å². The number of alkyl halides is 2. The molecule has 2 fully saturated rings. The lowest BCUT2D eigenvalue weighted by molar-refractivity contribution is -0.131. The van der Waals surface area contributed by atoms with Gasteiger partial charge in [-0.2, -0.15) is 8.78 Å². The number of carbonyl (C=O) groups is 3. The molecular formula is C17H19F2N3O4. The fourth-order valence-corrected chi connectivity index (χ4v) is 3.35. The van der Waals surface area contributed by atoms with Gasteiger partial charge in [0, 0.05) is 18.7 Å². The maximum Gasteiger partial charge on any atom is 0.387 e. The Bertz CT molecular complexity index is 702. The number of amides is 4. The number of urea groups is 1. The number of nitrogens with one attached hydrogen (secondary N) is 2. The first kappa shape index (κ1) is 18.1. The molecule has 3 rings (SSSR count). The Morgan fingerprint density at radius 1 is 1.23 bits per heavy atom. The molecule has 0 atom stereocenters. The SMILES string of the molecule is O=C(CCN1C(=O)NC2(CCCC2)C1=O)Nc1ccc(OC(F)F)cc1. The van der Waals surface area contributed by atoms with Crippen LogP contribution in [0.5, 0.6) is 5.75 Å². The van der Waals surface area contributed by atoms with Crippen molar-refractivity contribution in [2.24, 2.45) is 0 Å². The van der Waals surface area contributed by atoms with Gasteiger partial charge in [0.05, 0.1) is 0 Å². The Labute approximate surface area is 148 Å². The van der Waals surface area contributed by atoms with Gasteiger partial charge in [-0.1, -0.05) is 12.8 Å². The van der Waals surface area contributed by atoms with Crippen LogP contribution in [0.25, 0.3) is 0 Å². The number of benzene rings is 1. The molecule has 1 heterocycles. The van der Waals surface area contributed by atoms with Crippen LogP contribution < -0.4 is 15.4 Å². The highest BCUT2D eigenvalue weighted by molar-refractivity contribution is 6.07. The van der Waals surface area contributed by atoms with Gasteiger partial charge in [-0.15, -0.1) is 0 Å². The fraction of sp³-hybridized carbons (Fsp3) is 0.471. The smallest absolute Gasteiger partial charge is 0.387 e. The minimum absolute atomic E-state index is 0.00910. The van der Waals surface area contributed by atoms with Gasteiger partial charge in [0.15, 0.2) is 0 Å². The van der Waals surface area contributed by atoms with Crippen molar-refractivity contribution in [1.82, 2.24) is 10.2 Å². The topological polar surface area (TPSA) is 87.7 Å². The lowest BCUT2D eigenvalue weighted by Crippen LogP contribution is -2.44. The first-order valence-corrected chi connectivity index (χ1v) is 8.38. The van der Waals surface area contributed by atoms with E-state index in [1.165, 1.54) is 24.3 Å². The van der Waals surface area contributed by atoms with Crippen LogP contribution >= 0.6 is 0 Å². The standard InChI is InChI=1S/C17H19F2N3O4/c18-15(19)26-12-5-3-11(4-6-12)20-13(23)7-10-22-14(24)17(21-16(22)25)8-1-2-9-17/h3-6,15H,1-2,7-10H2,(H,20,23)(H,21,25). The zero-order chi connectivity index (χ0) is 18.7. The highest BCUT2D eigenvalue weighted by Crippen LogP contribution is 2.35. The number of nitrogens with zero attached hydrogens (tertiary/aromatic N) is 1. The summed E-state index contributed by atoms with van der Waals surface area (Å²) in [6.45, 7) is -2.92. The molecule has 0 radical (unpaired) electrons. The lowest BCUT2D eigenvalue weighted by atomic mass is 9.98. The second-order valence-corrected chi connectivity index (χ2v) is 6.38. The number of anilines is 1. The van der Waals surface area contributed by atoms with Crippen molar-refractivity contribution in [3.8, 4) is 5.75 Å². The monoisotopic (exact) mass is 367 g/mol. The van der Waals surface area contributed by atoms with Gasteiger partial charge in [0.1, 0.15) is 11.3 Å². The quantitative estimate of drug-likeness (QED) is 0.756. The Morgan fingerprint density at radius 3 is 2.50 bits per heavy atom. The van der Waals surface area contributed by atoms with Gasteiger partial charge >= 0.3 is 12.6 Å². The van der Waals surface area contributed by atoms with Crippen molar-refractivity contribution in [2.75, 3.05) is 11.9 Å². The molecular weight excluding hydrogens is 348 g/mol. The number of ether oxygens (including phenoxy) is 1. The molecule has 2 N–H and O–H groups in total. The second kappa shape index (κ2) is 7.27. The van der Waals surface area contributed by atoms with E-state index in [0.717, 1.165) is 17.7 Å². The average molecular weight is 367 g/mol. The average Bonchev–Trinajstić information content (AvgIpc) is 3.14. The molecule has 1 aliphatic heterocycles. The molecule has 4 amide bonds. The third-order valence-corrected chi connectivity index (χ3v) is 4.63. The van der Waals surface area contributed by atoms with E-state index in [-0.39, 0.29) is 30.5 Å². The molecule has 7 nitrogen and oxygen atoms in total. The zero-order valence-electron chi connectivity index (χ0n) is 14.0. The van der Waals surface area contributed by atoms with Gasteiger partial charge in [0.25, 0.3) is 5.91 Å². The highest BCUT2D eigenvalue weighted by Gasteiger charge is 2.52. The number of imide groups is 1. The Morgan fingerprint density at radius 2 is 1.88 bits per heavy atom. The predicted octanol–water partition coefficient (Wildman–Crippen LogP) is 2.48. The van der Waals surface area contributed by atoms with E-state index >= 15 is 0 Å². The Balaban J connectivity index is 1.51. The molecule has 26 heavy (non-hydrogen) atoms. The molecule has 0 unspecified atom stereocenters. The lowest BCUT2D eigenvalue weighted by Gasteiger charge is -2.19. The van der Waals surface area contributed by atoms with E-state index in [1.807, 2.05) is 0 Å². The Kier molecular flexibility index (Phi) is 5.06. The van der Waals surface area contributed by atoms with Crippen molar-refractivity contribution < 1.29 is 27.9 Å². The van der Waals surface area contributed by atoms with Gasteiger partial charge < -0.3 is 15.4 Å². The second-order valence-electron chi connectivity index (χ2n) is 6.38. The number of halogens is 2. The number of rotatable bonds is 6. The minimum atomic E-state index is -2.91. The van der Waals surface area contributed by atoms with Crippen molar-refractivity contribution in [2.45, 2.75) is 44.3 Å². The van der Waals surface area contributed by atoms with Gasteiger partial charge in [-0.25, -0.2) is 4.79 Å². The fourth-order valence-electron chi connectivity index (χ4n) is 3.35. The van der Waals surface area contributed by atoms with E-state index in [0.29, 0.717) is 18.5 Å². The van der Waals surface area contributed by atoms with Crippen LogP contribution in [0.15, 0.2) is 24.3 Å². The third kappa shape index (κ3) is 3.76. The number of carbonyl (C=O) groups excluding carboxylic acids is 3. The summed E-state index contributed by atoms with van der Waals surface area (Å²) in [6, 6.07) is 5.01. The molecule has 9 heteroatoms. The van der Waals surface area contributed by atoms with Crippen LogP contribution in [0.1, 0.15) is 32.1 Å². The molecule has 1 saturated heterocycles. The van der Waals surface area contributed by atoms with Crippen LogP contribution in [-0.4, -0.2) is 41.4 Å². The van der Waals surface area contributed by atoms with Crippen molar-refractivity contribution in [1.29, 1.82) is 0 Å². The molecule has 1 aromatic rings. The maximum atomic E-state index is 12.5. The van der Waals surface area contributed by atoms with E-state index in [9.17, 15) is 23.2 Å². The molecule has 1 saturated carbocycles. The van der Waals surface area contributed by atoms with Crippen LogP contribution in [0, 0.1) is 0 Å². The number of hydrogen-bond donors (Lipinski definition) is 2. The van der Waals surface area contributed by atoms with Crippen molar-refractivity contribution in [3.63, 3.8) is 0 Å². The Hall–Kier alpha value is -2.71. The molecule has 1 aromatic carbocycles. The molecule has 2 aliphatic rings. The normalized spacial score (nSPS) is 18.5. The van der Waals surface area contributed by atoms with E-state index < -0.39 is 18.2 Å². The molecule has 0 bridgehead atoms. The van der Waals surface area contributed by atoms with Gasteiger partial charge in [-0.3, -0.25) is 14.5 Å². The predicted molar refractivity (Wildman–Crippen MR) is 87.8 cm³/mol. The molecule has 140 valence electrons. The summed E-state index contributed by atoms with van der Waals surface area (Å²) in [5.74, 6) is -0.666. The van der Waals surface area contributed by atoms with Crippen LogP contribution in [-0.2, 0) is 9.59 Å². The summed E-state index contributed by atoms with van der Waals surface area (Å²) in [5.41, 5.74) is -0.380. The summed E-state index contributed by atoms with van der Waals surface area (Å²) < 4.78 is 28.4. The maximum absolute atomic E-state index is 12.5. The summed E-state index contributed by atoms with van der Waals surface area (Å²) in [4.78, 5) is 37.6. The molecule has 0 aromatic heterocycles. The van der Waals surface area contributed by atoms with E-state index in [1.54, 1.807) is 0 Å².